The Morgan fingerprint density at radius 3 is 1.68 bits per heavy atom. The molecule has 0 amide bonds. The first-order valence-corrected chi connectivity index (χ1v) is 15.1. The zero-order valence-electron chi connectivity index (χ0n) is 21.5. The van der Waals surface area contributed by atoms with Gasteiger partial charge in [-0.05, 0) is 34.6 Å². The predicted molar refractivity (Wildman–Crippen MR) is 155 cm³/mol. The average molecular weight is 539 g/mol. The maximum atomic E-state index is 11.4. The fraction of sp³-hybridized carbons (Fsp3) is 0.419. The van der Waals surface area contributed by atoms with Crippen LogP contribution in [0.5, 0.6) is 0 Å². The summed E-state index contributed by atoms with van der Waals surface area (Å²) < 4.78 is 19.4. The van der Waals surface area contributed by atoms with Crippen molar-refractivity contribution in [1.82, 2.24) is 0 Å². The van der Waals surface area contributed by atoms with E-state index in [9.17, 15) is 5.11 Å². The minimum absolute atomic E-state index is 0.178. The Morgan fingerprint density at radius 1 is 0.703 bits per heavy atom. The third kappa shape index (κ3) is 9.17. The minimum Gasteiger partial charge on any atom is -0.388 e. The predicted octanol–water partition coefficient (Wildman–Crippen LogP) is 6.57. The van der Waals surface area contributed by atoms with Crippen molar-refractivity contribution in [2.24, 2.45) is 5.92 Å². The molecule has 3 aromatic rings. The Morgan fingerprint density at radius 2 is 1.16 bits per heavy atom. The van der Waals surface area contributed by atoms with E-state index in [2.05, 4.69) is 19.1 Å². The van der Waals surface area contributed by atoms with Gasteiger partial charge in [-0.15, -0.1) is 23.5 Å². The van der Waals surface area contributed by atoms with Gasteiger partial charge in [-0.25, -0.2) is 0 Å². The summed E-state index contributed by atoms with van der Waals surface area (Å²) in [6, 6.07) is 30.4. The second-order valence-corrected chi connectivity index (χ2v) is 12.2. The first-order chi connectivity index (χ1) is 18.2. The fourth-order valence-electron chi connectivity index (χ4n) is 4.44. The van der Waals surface area contributed by atoms with Crippen LogP contribution in [0.2, 0.25) is 0 Å². The van der Waals surface area contributed by atoms with Gasteiger partial charge in [0.05, 0.1) is 37.1 Å². The van der Waals surface area contributed by atoms with Gasteiger partial charge in [0.25, 0.3) is 0 Å². The molecular formula is C31H38O4S2. The molecule has 198 valence electrons. The summed E-state index contributed by atoms with van der Waals surface area (Å²) in [6.07, 6.45) is -0.410. The highest BCUT2D eigenvalue weighted by atomic mass is 32.2. The largest absolute Gasteiger partial charge is 0.388 e. The third-order valence-electron chi connectivity index (χ3n) is 6.47. The fourth-order valence-corrected chi connectivity index (χ4v) is 7.58. The van der Waals surface area contributed by atoms with Crippen LogP contribution in [0, 0.1) is 5.92 Å². The molecule has 0 spiro atoms. The van der Waals surface area contributed by atoms with Crippen LogP contribution in [0.1, 0.15) is 30.0 Å². The van der Waals surface area contributed by atoms with Crippen molar-refractivity contribution in [1.29, 1.82) is 0 Å². The molecule has 3 aromatic carbocycles. The van der Waals surface area contributed by atoms with Gasteiger partial charge >= 0.3 is 0 Å². The first-order valence-electron chi connectivity index (χ1n) is 13.0. The third-order valence-corrected chi connectivity index (χ3v) is 9.86. The summed E-state index contributed by atoms with van der Waals surface area (Å²) in [5, 5.41) is 11.4. The highest BCUT2D eigenvalue weighted by Gasteiger charge is 2.38. The van der Waals surface area contributed by atoms with Crippen molar-refractivity contribution in [2.75, 3.05) is 18.1 Å². The number of hydrogen-bond donors (Lipinski definition) is 1. The second kappa shape index (κ2) is 15.6. The Balaban J connectivity index is 1.50. The molecule has 0 bridgehead atoms. The van der Waals surface area contributed by atoms with E-state index in [1.54, 1.807) is 0 Å². The molecule has 4 rings (SSSR count). The lowest BCUT2D eigenvalue weighted by molar-refractivity contribution is -0.159. The Hall–Kier alpha value is -1.80. The number of aliphatic hydroxyl groups excluding tert-OH is 1. The zero-order valence-corrected chi connectivity index (χ0v) is 23.1. The van der Waals surface area contributed by atoms with E-state index in [0.29, 0.717) is 24.4 Å². The first kappa shape index (κ1) is 28.2. The average Bonchev–Trinajstić information content (AvgIpc) is 2.96. The molecule has 1 aliphatic heterocycles. The van der Waals surface area contributed by atoms with E-state index < -0.39 is 12.2 Å². The number of benzene rings is 3. The summed E-state index contributed by atoms with van der Waals surface area (Å²) in [6.45, 7) is 3.74. The summed E-state index contributed by atoms with van der Waals surface area (Å²) >= 11 is 3.99. The molecule has 0 unspecified atom stereocenters. The summed E-state index contributed by atoms with van der Waals surface area (Å²) in [4.78, 5) is 0. The molecule has 37 heavy (non-hydrogen) atoms. The van der Waals surface area contributed by atoms with E-state index >= 15 is 0 Å². The summed E-state index contributed by atoms with van der Waals surface area (Å²) in [7, 11) is 0. The van der Waals surface area contributed by atoms with E-state index in [4.69, 9.17) is 14.2 Å². The van der Waals surface area contributed by atoms with Crippen LogP contribution in [-0.2, 0) is 34.0 Å². The normalized spacial score (nSPS) is 17.7. The van der Waals surface area contributed by atoms with E-state index in [1.807, 2.05) is 102 Å². The number of hydrogen-bond acceptors (Lipinski definition) is 6. The van der Waals surface area contributed by atoms with Crippen molar-refractivity contribution in [2.45, 2.75) is 56.1 Å². The van der Waals surface area contributed by atoms with E-state index in [1.165, 1.54) is 6.42 Å². The highest BCUT2D eigenvalue weighted by Crippen LogP contribution is 2.39. The number of thioether (sulfide) groups is 2. The Labute approximate surface area is 230 Å². The minimum atomic E-state index is -0.825. The van der Waals surface area contributed by atoms with Crippen LogP contribution >= 0.6 is 23.5 Å². The number of ether oxygens (including phenoxy) is 3. The second-order valence-electron chi connectivity index (χ2n) is 9.41. The molecule has 0 radical (unpaired) electrons. The van der Waals surface area contributed by atoms with Gasteiger partial charge in [0.2, 0.25) is 0 Å². The van der Waals surface area contributed by atoms with Crippen molar-refractivity contribution in [3.05, 3.63) is 108 Å². The maximum Gasteiger partial charge on any atom is 0.112 e. The molecule has 4 nitrogen and oxygen atoms in total. The van der Waals surface area contributed by atoms with Gasteiger partial charge < -0.3 is 19.3 Å². The number of rotatable bonds is 14. The standard InChI is InChI=1S/C31H38O4S2/c1-24(31-36-18-11-19-37-31)29(34-21-26-14-7-3-8-15-26)30(35-22-27-16-9-4-10-17-27)28(32)23-33-20-25-12-5-2-6-13-25/h2-10,12-17,24,28-32H,11,18-23H2,1H3/t24-,28+,29-,30+/m0/s1. The van der Waals surface area contributed by atoms with Gasteiger partial charge in [-0.2, -0.15) is 0 Å². The van der Waals surface area contributed by atoms with E-state index in [-0.39, 0.29) is 18.6 Å². The number of aliphatic hydroxyl groups is 1. The zero-order chi connectivity index (χ0) is 25.7. The lowest BCUT2D eigenvalue weighted by atomic mass is 9.96. The molecule has 1 N–H and O–H groups in total. The van der Waals surface area contributed by atoms with Gasteiger partial charge in [0, 0.05) is 5.92 Å². The summed E-state index contributed by atoms with van der Waals surface area (Å²) in [5.74, 6) is 2.50. The lowest BCUT2D eigenvalue weighted by Gasteiger charge is -2.38. The molecule has 6 heteroatoms. The molecule has 4 atom stereocenters. The highest BCUT2D eigenvalue weighted by molar-refractivity contribution is 8.17. The molecule has 0 saturated carbocycles. The van der Waals surface area contributed by atoms with Crippen LogP contribution in [0.4, 0.5) is 0 Å². The van der Waals surface area contributed by atoms with Crippen LogP contribution in [0.3, 0.4) is 0 Å². The van der Waals surface area contributed by atoms with Crippen molar-refractivity contribution >= 4 is 23.5 Å². The van der Waals surface area contributed by atoms with Crippen molar-refractivity contribution in [3.63, 3.8) is 0 Å². The van der Waals surface area contributed by atoms with Crippen molar-refractivity contribution < 1.29 is 19.3 Å². The topological polar surface area (TPSA) is 47.9 Å². The van der Waals surface area contributed by atoms with Crippen LogP contribution in [-0.4, -0.2) is 46.1 Å². The van der Waals surface area contributed by atoms with Crippen LogP contribution in [0.15, 0.2) is 91.0 Å². The molecule has 1 saturated heterocycles. The van der Waals surface area contributed by atoms with Crippen LogP contribution < -0.4 is 0 Å². The molecule has 1 aliphatic rings. The molecule has 0 aromatic heterocycles. The van der Waals surface area contributed by atoms with Gasteiger partial charge in [-0.1, -0.05) is 97.9 Å². The monoisotopic (exact) mass is 538 g/mol. The van der Waals surface area contributed by atoms with Gasteiger partial charge in [0.1, 0.15) is 12.2 Å². The Kier molecular flexibility index (Phi) is 11.9. The molecule has 1 heterocycles. The van der Waals surface area contributed by atoms with Crippen molar-refractivity contribution in [3.8, 4) is 0 Å². The van der Waals surface area contributed by atoms with Gasteiger partial charge in [-0.3, -0.25) is 0 Å². The molecular weight excluding hydrogens is 500 g/mol. The quantitative estimate of drug-likeness (QED) is 0.251. The summed E-state index contributed by atoms with van der Waals surface area (Å²) in [5.41, 5.74) is 3.26. The van der Waals surface area contributed by atoms with Gasteiger partial charge in [0.15, 0.2) is 0 Å². The SMILES string of the molecule is C[C@H](C1SCCCS1)[C@H](OCc1ccccc1)[C@H](OCc1ccccc1)[C@H](O)COCc1ccccc1. The Bertz CT molecular complexity index is 999. The van der Waals surface area contributed by atoms with E-state index in [0.717, 1.165) is 28.2 Å². The van der Waals surface area contributed by atoms with Crippen LogP contribution in [0.25, 0.3) is 0 Å². The smallest absolute Gasteiger partial charge is 0.112 e. The maximum absolute atomic E-state index is 11.4. The lowest BCUT2D eigenvalue weighted by Crippen LogP contribution is -2.48. The molecule has 0 aliphatic carbocycles. The molecule has 1 fully saturated rings.